The van der Waals surface area contributed by atoms with E-state index in [2.05, 4.69) is 10.6 Å². The summed E-state index contributed by atoms with van der Waals surface area (Å²) in [5, 5.41) is 6.15. The normalized spacial score (nSPS) is 31.6. The van der Waals surface area contributed by atoms with Crippen LogP contribution in [-0.4, -0.2) is 24.1 Å². The smallest absolute Gasteiger partial charge is 0.247 e. The molecule has 152 valence electrons. The van der Waals surface area contributed by atoms with Crippen LogP contribution in [-0.2, 0) is 9.59 Å². The molecule has 1 atom stereocenters. The van der Waals surface area contributed by atoms with Gasteiger partial charge in [-0.05, 0) is 92.7 Å². The summed E-state index contributed by atoms with van der Waals surface area (Å²) in [7, 11) is 0. The molecule has 0 aliphatic heterocycles. The van der Waals surface area contributed by atoms with Crippen molar-refractivity contribution in [1.82, 2.24) is 5.32 Å². The van der Waals surface area contributed by atoms with Crippen LogP contribution in [0.3, 0.4) is 0 Å². The van der Waals surface area contributed by atoms with Gasteiger partial charge in [0.1, 0.15) is 6.04 Å². The van der Waals surface area contributed by atoms with Crippen LogP contribution in [0.5, 0.6) is 0 Å². The van der Waals surface area contributed by atoms with Crippen LogP contribution in [0.4, 0.5) is 5.69 Å². The maximum Gasteiger partial charge on any atom is 0.247 e. The highest BCUT2D eigenvalue weighted by molar-refractivity contribution is 7.98. The maximum atomic E-state index is 13.4. The molecule has 1 aromatic carbocycles. The average Bonchev–Trinajstić information content (AvgIpc) is 2.65. The van der Waals surface area contributed by atoms with Crippen LogP contribution in [0.1, 0.15) is 52.4 Å². The molecule has 5 heteroatoms. The first-order valence-corrected chi connectivity index (χ1v) is 11.9. The second-order valence-electron chi connectivity index (χ2n) is 9.61. The minimum absolute atomic E-state index is 0.0448. The Bertz CT molecular complexity index is 708. The Kier molecular flexibility index (Phi) is 5.47. The molecule has 4 aliphatic rings. The first-order valence-electron chi connectivity index (χ1n) is 10.6. The highest BCUT2D eigenvalue weighted by Gasteiger charge is 2.55. The molecule has 0 radical (unpaired) electrons. The lowest BCUT2D eigenvalue weighted by Gasteiger charge is -2.55. The number of carbonyl (C=O) groups is 2. The van der Waals surface area contributed by atoms with Crippen molar-refractivity contribution in [3.05, 3.63) is 24.3 Å². The highest BCUT2D eigenvalue weighted by Crippen LogP contribution is 2.60. The van der Waals surface area contributed by atoms with Gasteiger partial charge in [-0.3, -0.25) is 9.59 Å². The number of rotatable bonds is 6. The summed E-state index contributed by atoms with van der Waals surface area (Å²) >= 11 is 1.67. The molecule has 4 nitrogen and oxygen atoms in total. The van der Waals surface area contributed by atoms with Crippen molar-refractivity contribution in [2.24, 2.45) is 29.1 Å². The second-order valence-corrected chi connectivity index (χ2v) is 10.5. The van der Waals surface area contributed by atoms with Gasteiger partial charge in [0, 0.05) is 16.0 Å². The number of hydrogen-bond donors (Lipinski definition) is 2. The molecule has 4 aliphatic carbocycles. The van der Waals surface area contributed by atoms with Crippen molar-refractivity contribution in [3.8, 4) is 0 Å². The second kappa shape index (κ2) is 7.74. The molecule has 0 spiro atoms. The SMILES string of the molecule is CSc1ccc(NC(=O)[C@@H](NC(=O)C23CC4CC(CC(C4)C2)C3)C(C)C)cc1. The zero-order valence-electron chi connectivity index (χ0n) is 17.2. The molecule has 0 heterocycles. The molecular weight excluding hydrogens is 368 g/mol. The van der Waals surface area contributed by atoms with E-state index in [-0.39, 0.29) is 23.1 Å². The highest BCUT2D eigenvalue weighted by atomic mass is 32.2. The predicted molar refractivity (Wildman–Crippen MR) is 114 cm³/mol. The van der Waals surface area contributed by atoms with Gasteiger partial charge in [0.25, 0.3) is 0 Å². The van der Waals surface area contributed by atoms with Gasteiger partial charge >= 0.3 is 0 Å². The molecule has 5 rings (SSSR count). The van der Waals surface area contributed by atoms with Gasteiger partial charge in [-0.1, -0.05) is 13.8 Å². The fourth-order valence-electron chi connectivity index (χ4n) is 6.11. The van der Waals surface area contributed by atoms with Crippen molar-refractivity contribution in [2.45, 2.75) is 63.3 Å². The van der Waals surface area contributed by atoms with Crippen LogP contribution in [0, 0.1) is 29.1 Å². The number of amides is 2. The van der Waals surface area contributed by atoms with Crippen LogP contribution in [0.25, 0.3) is 0 Å². The van der Waals surface area contributed by atoms with Gasteiger partial charge in [0.05, 0.1) is 0 Å². The lowest BCUT2D eigenvalue weighted by Crippen LogP contribution is -2.57. The summed E-state index contributed by atoms with van der Waals surface area (Å²) in [6, 6.07) is 7.34. The van der Waals surface area contributed by atoms with E-state index >= 15 is 0 Å². The van der Waals surface area contributed by atoms with E-state index in [1.807, 2.05) is 44.4 Å². The number of nitrogens with one attached hydrogen (secondary N) is 2. The zero-order chi connectivity index (χ0) is 19.9. The van der Waals surface area contributed by atoms with Crippen LogP contribution in [0.15, 0.2) is 29.2 Å². The van der Waals surface area contributed by atoms with Gasteiger partial charge in [-0.25, -0.2) is 0 Å². The van der Waals surface area contributed by atoms with Crippen molar-refractivity contribution < 1.29 is 9.59 Å². The molecule has 4 bridgehead atoms. The summed E-state index contributed by atoms with van der Waals surface area (Å²) in [6.45, 7) is 4.00. The Morgan fingerprint density at radius 3 is 2.00 bits per heavy atom. The lowest BCUT2D eigenvalue weighted by atomic mass is 9.49. The molecular formula is C23H32N2O2S. The third-order valence-corrected chi connectivity index (χ3v) is 7.86. The van der Waals surface area contributed by atoms with E-state index in [1.165, 1.54) is 19.3 Å². The Balaban J connectivity index is 1.44. The fourth-order valence-corrected chi connectivity index (χ4v) is 6.52. The minimum atomic E-state index is -0.499. The van der Waals surface area contributed by atoms with Crippen molar-refractivity contribution >= 4 is 29.3 Å². The summed E-state index contributed by atoms with van der Waals surface area (Å²) in [5.74, 6) is 2.21. The quantitative estimate of drug-likeness (QED) is 0.680. The van der Waals surface area contributed by atoms with E-state index < -0.39 is 6.04 Å². The summed E-state index contributed by atoms with van der Waals surface area (Å²) in [4.78, 5) is 27.5. The lowest BCUT2D eigenvalue weighted by molar-refractivity contribution is -0.148. The third-order valence-electron chi connectivity index (χ3n) is 7.11. The van der Waals surface area contributed by atoms with Gasteiger partial charge in [0.2, 0.25) is 11.8 Å². The summed E-state index contributed by atoms with van der Waals surface area (Å²) in [5.41, 5.74) is 0.555. The number of hydrogen-bond acceptors (Lipinski definition) is 3. The maximum absolute atomic E-state index is 13.4. The average molecular weight is 401 g/mol. The number of carbonyl (C=O) groups excluding carboxylic acids is 2. The largest absolute Gasteiger partial charge is 0.344 e. The summed E-state index contributed by atoms with van der Waals surface area (Å²) < 4.78 is 0. The number of thioether (sulfide) groups is 1. The molecule has 0 unspecified atom stereocenters. The third kappa shape index (κ3) is 3.83. The zero-order valence-corrected chi connectivity index (χ0v) is 18.0. The van der Waals surface area contributed by atoms with Crippen molar-refractivity contribution in [2.75, 3.05) is 11.6 Å². The Morgan fingerprint density at radius 2 is 1.54 bits per heavy atom. The van der Waals surface area contributed by atoms with E-state index in [0.29, 0.717) is 0 Å². The van der Waals surface area contributed by atoms with E-state index in [1.54, 1.807) is 11.8 Å². The Hall–Kier alpha value is -1.49. The predicted octanol–water partition coefficient (Wildman–Crippen LogP) is 4.70. The van der Waals surface area contributed by atoms with Gasteiger partial charge < -0.3 is 10.6 Å². The van der Waals surface area contributed by atoms with E-state index in [9.17, 15) is 9.59 Å². The minimum Gasteiger partial charge on any atom is -0.344 e. The summed E-state index contributed by atoms with van der Waals surface area (Å²) in [6.07, 6.45) is 9.03. The topological polar surface area (TPSA) is 58.2 Å². The standard InChI is InChI=1S/C23H32N2O2S/c1-14(2)20(21(26)24-18-4-6-19(28-3)7-5-18)25-22(27)23-11-15-8-16(12-23)10-17(9-15)13-23/h4-7,14-17,20H,8-13H2,1-3H3,(H,24,26)(H,25,27)/t15?,16?,17?,20-,23?/m0/s1. The van der Waals surface area contributed by atoms with E-state index in [0.717, 1.165) is 47.6 Å². The number of benzene rings is 1. The van der Waals surface area contributed by atoms with Crippen molar-refractivity contribution in [3.63, 3.8) is 0 Å². The molecule has 0 saturated heterocycles. The van der Waals surface area contributed by atoms with Crippen LogP contribution < -0.4 is 10.6 Å². The molecule has 4 saturated carbocycles. The van der Waals surface area contributed by atoms with E-state index in [4.69, 9.17) is 0 Å². The van der Waals surface area contributed by atoms with Crippen molar-refractivity contribution in [1.29, 1.82) is 0 Å². The molecule has 1 aromatic rings. The fraction of sp³-hybridized carbons (Fsp3) is 0.652. The van der Waals surface area contributed by atoms with Gasteiger partial charge in [-0.15, -0.1) is 11.8 Å². The van der Waals surface area contributed by atoms with Gasteiger partial charge in [-0.2, -0.15) is 0 Å². The van der Waals surface area contributed by atoms with Gasteiger partial charge in [0.15, 0.2) is 0 Å². The Labute approximate surface area is 172 Å². The Morgan fingerprint density at radius 1 is 1.00 bits per heavy atom. The monoisotopic (exact) mass is 400 g/mol. The first kappa shape index (κ1) is 19.8. The first-order chi connectivity index (χ1) is 13.4. The molecule has 0 aromatic heterocycles. The molecule has 28 heavy (non-hydrogen) atoms. The molecule has 2 N–H and O–H groups in total. The molecule has 2 amide bonds. The van der Waals surface area contributed by atoms with Crippen LogP contribution >= 0.6 is 11.8 Å². The number of anilines is 1. The molecule has 4 fully saturated rings. The van der Waals surface area contributed by atoms with Crippen LogP contribution in [0.2, 0.25) is 0 Å².